The number of anilines is 1. The second-order valence-corrected chi connectivity index (χ2v) is 5.55. The average Bonchev–Trinajstić information content (AvgIpc) is 2.90. The smallest absolute Gasteiger partial charge is 0.195 e. The van der Waals surface area contributed by atoms with Crippen LogP contribution in [0.3, 0.4) is 0 Å². The molecule has 1 unspecified atom stereocenters. The van der Waals surface area contributed by atoms with Crippen LogP contribution in [-0.4, -0.2) is 22.5 Å². The molecule has 2 aromatic rings. The van der Waals surface area contributed by atoms with Crippen molar-refractivity contribution in [3.8, 4) is 0 Å². The Labute approximate surface area is 104 Å². The lowest BCUT2D eigenvalue weighted by atomic mass is 10.2. The molecule has 86 valence electrons. The Bertz CT molecular complexity index is 504. The molecule has 3 heterocycles. The minimum Gasteiger partial charge on any atom is -0.355 e. The molecule has 1 saturated heterocycles. The molecular weight excluding hydrogens is 242 g/mol. The van der Waals surface area contributed by atoms with Crippen molar-refractivity contribution in [2.75, 3.05) is 18.0 Å². The van der Waals surface area contributed by atoms with E-state index in [9.17, 15) is 0 Å². The summed E-state index contributed by atoms with van der Waals surface area (Å²) in [6.07, 6.45) is 3.31. The van der Waals surface area contributed by atoms with Crippen LogP contribution in [0.25, 0.3) is 4.96 Å². The SMILES string of the molecule is CC1CCN(c2nc3sccn3c2CCl)C1. The van der Waals surface area contributed by atoms with E-state index in [2.05, 4.69) is 26.6 Å². The number of rotatable bonds is 2. The molecule has 0 aromatic carbocycles. The van der Waals surface area contributed by atoms with Crippen LogP contribution in [0.4, 0.5) is 5.82 Å². The number of hydrogen-bond acceptors (Lipinski definition) is 3. The highest BCUT2D eigenvalue weighted by molar-refractivity contribution is 7.15. The number of nitrogens with zero attached hydrogens (tertiary/aromatic N) is 3. The Balaban J connectivity index is 2.05. The van der Waals surface area contributed by atoms with E-state index < -0.39 is 0 Å². The van der Waals surface area contributed by atoms with Gasteiger partial charge in [-0.1, -0.05) is 6.92 Å². The molecule has 1 atom stereocenters. The standard InChI is InChI=1S/C11H14ClN3S/c1-8-2-3-14(7-8)10-9(6-12)15-4-5-16-11(15)13-10/h4-5,8H,2-3,6-7H2,1H3. The van der Waals surface area contributed by atoms with Crippen LogP contribution in [0.5, 0.6) is 0 Å². The Morgan fingerprint density at radius 1 is 1.62 bits per heavy atom. The van der Waals surface area contributed by atoms with Gasteiger partial charge in [-0.15, -0.1) is 22.9 Å². The molecule has 1 aliphatic rings. The molecule has 0 amide bonds. The van der Waals surface area contributed by atoms with Crippen LogP contribution in [-0.2, 0) is 5.88 Å². The summed E-state index contributed by atoms with van der Waals surface area (Å²) in [7, 11) is 0. The van der Waals surface area contributed by atoms with E-state index in [-0.39, 0.29) is 0 Å². The first-order chi connectivity index (χ1) is 7.79. The van der Waals surface area contributed by atoms with Gasteiger partial charge in [-0.05, 0) is 12.3 Å². The maximum absolute atomic E-state index is 6.04. The molecule has 1 fully saturated rings. The second kappa shape index (κ2) is 3.93. The van der Waals surface area contributed by atoms with Gasteiger partial charge in [-0.3, -0.25) is 4.40 Å². The van der Waals surface area contributed by atoms with Crippen molar-refractivity contribution in [3.05, 3.63) is 17.3 Å². The van der Waals surface area contributed by atoms with Crippen LogP contribution in [0.2, 0.25) is 0 Å². The molecular formula is C11H14ClN3S. The van der Waals surface area contributed by atoms with Crippen molar-refractivity contribution in [2.24, 2.45) is 5.92 Å². The summed E-state index contributed by atoms with van der Waals surface area (Å²) < 4.78 is 2.11. The third kappa shape index (κ3) is 1.52. The monoisotopic (exact) mass is 255 g/mol. The Hall–Kier alpha value is -0.740. The first kappa shape index (κ1) is 10.4. The van der Waals surface area contributed by atoms with Gasteiger partial charge in [0.05, 0.1) is 11.6 Å². The fourth-order valence-corrected chi connectivity index (χ4v) is 3.30. The maximum Gasteiger partial charge on any atom is 0.195 e. The van der Waals surface area contributed by atoms with Gasteiger partial charge in [0.15, 0.2) is 10.8 Å². The molecule has 0 radical (unpaired) electrons. The van der Waals surface area contributed by atoms with Gasteiger partial charge in [0.1, 0.15) is 0 Å². The third-order valence-electron chi connectivity index (χ3n) is 3.19. The van der Waals surface area contributed by atoms with Crippen molar-refractivity contribution in [2.45, 2.75) is 19.2 Å². The Morgan fingerprint density at radius 2 is 2.50 bits per heavy atom. The van der Waals surface area contributed by atoms with Crippen molar-refractivity contribution in [1.82, 2.24) is 9.38 Å². The van der Waals surface area contributed by atoms with Gasteiger partial charge in [-0.25, -0.2) is 4.98 Å². The fourth-order valence-electron chi connectivity index (χ4n) is 2.33. The number of hydrogen-bond donors (Lipinski definition) is 0. The highest BCUT2D eigenvalue weighted by Gasteiger charge is 2.24. The van der Waals surface area contributed by atoms with Gasteiger partial charge in [0.25, 0.3) is 0 Å². The Kier molecular flexibility index (Phi) is 2.56. The quantitative estimate of drug-likeness (QED) is 0.769. The summed E-state index contributed by atoms with van der Waals surface area (Å²) >= 11 is 7.71. The highest BCUT2D eigenvalue weighted by atomic mass is 35.5. The van der Waals surface area contributed by atoms with Crippen LogP contribution < -0.4 is 4.90 Å². The van der Waals surface area contributed by atoms with Crippen LogP contribution in [0.1, 0.15) is 19.0 Å². The van der Waals surface area contributed by atoms with E-state index in [1.807, 2.05) is 6.20 Å². The predicted molar refractivity (Wildman–Crippen MR) is 68.6 cm³/mol. The van der Waals surface area contributed by atoms with Crippen molar-refractivity contribution < 1.29 is 0 Å². The summed E-state index contributed by atoms with van der Waals surface area (Å²) in [5.74, 6) is 2.38. The topological polar surface area (TPSA) is 20.5 Å². The summed E-state index contributed by atoms with van der Waals surface area (Å²) in [5, 5.41) is 2.05. The summed E-state index contributed by atoms with van der Waals surface area (Å²) in [6, 6.07) is 0. The molecule has 0 aliphatic carbocycles. The molecule has 3 rings (SSSR count). The molecule has 0 saturated carbocycles. The van der Waals surface area contributed by atoms with Gasteiger partial charge >= 0.3 is 0 Å². The first-order valence-electron chi connectivity index (χ1n) is 5.55. The van der Waals surface area contributed by atoms with Gasteiger partial charge in [-0.2, -0.15) is 0 Å². The number of aromatic nitrogens is 2. The molecule has 0 N–H and O–H groups in total. The molecule has 0 spiro atoms. The largest absolute Gasteiger partial charge is 0.355 e. The predicted octanol–water partition coefficient (Wildman–Crippen LogP) is 2.98. The molecule has 1 aliphatic heterocycles. The number of alkyl halides is 1. The van der Waals surface area contributed by atoms with E-state index in [1.54, 1.807) is 11.3 Å². The van der Waals surface area contributed by atoms with E-state index >= 15 is 0 Å². The third-order valence-corrected chi connectivity index (χ3v) is 4.20. The van der Waals surface area contributed by atoms with Crippen LogP contribution >= 0.6 is 22.9 Å². The van der Waals surface area contributed by atoms with Crippen LogP contribution in [0.15, 0.2) is 11.6 Å². The highest BCUT2D eigenvalue weighted by Crippen LogP contribution is 2.29. The van der Waals surface area contributed by atoms with Crippen molar-refractivity contribution in [3.63, 3.8) is 0 Å². The molecule has 0 bridgehead atoms. The normalized spacial score (nSPS) is 21.1. The molecule has 5 heteroatoms. The maximum atomic E-state index is 6.04. The molecule has 2 aromatic heterocycles. The number of fused-ring (bicyclic) bond motifs is 1. The lowest BCUT2D eigenvalue weighted by Crippen LogP contribution is -2.20. The van der Waals surface area contributed by atoms with E-state index in [0.29, 0.717) is 5.88 Å². The van der Waals surface area contributed by atoms with Crippen molar-refractivity contribution in [1.29, 1.82) is 0 Å². The zero-order chi connectivity index (χ0) is 11.1. The van der Waals surface area contributed by atoms with Crippen LogP contribution in [0, 0.1) is 5.92 Å². The van der Waals surface area contributed by atoms with Gasteiger partial charge in [0.2, 0.25) is 0 Å². The van der Waals surface area contributed by atoms with E-state index in [1.165, 1.54) is 6.42 Å². The summed E-state index contributed by atoms with van der Waals surface area (Å²) in [5.41, 5.74) is 1.13. The number of imidazole rings is 1. The molecule has 3 nitrogen and oxygen atoms in total. The van der Waals surface area contributed by atoms with Gasteiger partial charge in [0, 0.05) is 24.7 Å². The number of thiazole rings is 1. The number of halogens is 1. The second-order valence-electron chi connectivity index (χ2n) is 4.41. The van der Waals surface area contributed by atoms with Crippen molar-refractivity contribution >= 4 is 33.7 Å². The average molecular weight is 256 g/mol. The minimum absolute atomic E-state index is 0.526. The Morgan fingerprint density at radius 3 is 3.19 bits per heavy atom. The fraction of sp³-hybridized carbons (Fsp3) is 0.545. The molecule has 16 heavy (non-hydrogen) atoms. The van der Waals surface area contributed by atoms with Gasteiger partial charge < -0.3 is 4.90 Å². The zero-order valence-electron chi connectivity index (χ0n) is 9.19. The lowest BCUT2D eigenvalue weighted by molar-refractivity contribution is 0.659. The van der Waals surface area contributed by atoms with E-state index in [0.717, 1.165) is 35.5 Å². The van der Waals surface area contributed by atoms with E-state index in [4.69, 9.17) is 11.6 Å². The summed E-state index contributed by atoms with van der Waals surface area (Å²) in [4.78, 5) is 8.09. The first-order valence-corrected chi connectivity index (χ1v) is 6.96. The minimum atomic E-state index is 0.526. The lowest BCUT2D eigenvalue weighted by Gasteiger charge is -2.16. The summed E-state index contributed by atoms with van der Waals surface area (Å²) in [6.45, 7) is 4.50. The zero-order valence-corrected chi connectivity index (χ0v) is 10.8.